The van der Waals surface area contributed by atoms with Gasteiger partial charge >= 0.3 is 0 Å². The first-order chi connectivity index (χ1) is 8.55. The SMILES string of the molecule is CNC(=O)C1(C)CN(c2cc(C)ncn2)CCO1. The van der Waals surface area contributed by atoms with Gasteiger partial charge in [-0.2, -0.15) is 0 Å². The quantitative estimate of drug-likeness (QED) is 0.808. The summed E-state index contributed by atoms with van der Waals surface area (Å²) in [6, 6.07) is 1.91. The number of morpholine rings is 1. The summed E-state index contributed by atoms with van der Waals surface area (Å²) in [4.78, 5) is 22.2. The molecule has 1 aromatic heterocycles. The largest absolute Gasteiger partial charge is 0.362 e. The highest BCUT2D eigenvalue weighted by Gasteiger charge is 2.39. The zero-order valence-corrected chi connectivity index (χ0v) is 10.9. The van der Waals surface area contributed by atoms with E-state index in [0.29, 0.717) is 13.2 Å². The average Bonchev–Trinajstić information content (AvgIpc) is 2.38. The summed E-state index contributed by atoms with van der Waals surface area (Å²) in [6.07, 6.45) is 1.54. The second-order valence-corrected chi connectivity index (χ2v) is 4.60. The lowest BCUT2D eigenvalue weighted by atomic mass is 10.0. The molecule has 0 aliphatic carbocycles. The molecule has 0 bridgehead atoms. The van der Waals surface area contributed by atoms with E-state index in [9.17, 15) is 4.79 Å². The molecule has 1 unspecified atom stereocenters. The van der Waals surface area contributed by atoms with Crippen LogP contribution >= 0.6 is 0 Å². The number of nitrogens with one attached hydrogen (secondary N) is 1. The number of ether oxygens (including phenoxy) is 1. The number of anilines is 1. The van der Waals surface area contributed by atoms with E-state index in [4.69, 9.17) is 4.74 Å². The molecule has 0 aromatic carbocycles. The van der Waals surface area contributed by atoms with Gasteiger partial charge in [-0.3, -0.25) is 4.79 Å². The molecular weight excluding hydrogens is 232 g/mol. The zero-order chi connectivity index (χ0) is 13.2. The van der Waals surface area contributed by atoms with Gasteiger partial charge in [0.25, 0.3) is 5.91 Å². The number of aromatic nitrogens is 2. The van der Waals surface area contributed by atoms with Gasteiger partial charge in [-0.15, -0.1) is 0 Å². The summed E-state index contributed by atoms with van der Waals surface area (Å²) in [5.41, 5.74) is 0.0828. The number of rotatable bonds is 2. The van der Waals surface area contributed by atoms with Crippen molar-refractivity contribution in [2.75, 3.05) is 31.6 Å². The minimum absolute atomic E-state index is 0.113. The first-order valence-electron chi connectivity index (χ1n) is 5.95. The standard InChI is InChI=1S/C12H18N4O2/c1-9-6-10(15-8-14-9)16-4-5-18-12(2,7-16)11(17)13-3/h6,8H,4-5,7H2,1-3H3,(H,13,17). The van der Waals surface area contributed by atoms with E-state index in [-0.39, 0.29) is 5.91 Å². The minimum atomic E-state index is -0.828. The second-order valence-electron chi connectivity index (χ2n) is 4.60. The zero-order valence-electron chi connectivity index (χ0n) is 10.9. The molecule has 1 fully saturated rings. The van der Waals surface area contributed by atoms with Crippen LogP contribution in [0.3, 0.4) is 0 Å². The van der Waals surface area contributed by atoms with Crippen LogP contribution in [0.5, 0.6) is 0 Å². The molecule has 1 aliphatic rings. The van der Waals surface area contributed by atoms with Crippen LogP contribution in [0.1, 0.15) is 12.6 Å². The van der Waals surface area contributed by atoms with Gasteiger partial charge in [-0.05, 0) is 13.8 Å². The van der Waals surface area contributed by atoms with Crippen molar-refractivity contribution < 1.29 is 9.53 Å². The number of carbonyl (C=O) groups is 1. The van der Waals surface area contributed by atoms with E-state index in [2.05, 4.69) is 15.3 Å². The van der Waals surface area contributed by atoms with E-state index >= 15 is 0 Å². The summed E-state index contributed by atoms with van der Waals surface area (Å²) in [5, 5.41) is 2.64. The third kappa shape index (κ3) is 2.43. The van der Waals surface area contributed by atoms with Crippen LogP contribution in [0.2, 0.25) is 0 Å². The third-order valence-electron chi connectivity index (χ3n) is 3.10. The number of hydrogen-bond acceptors (Lipinski definition) is 5. The molecule has 18 heavy (non-hydrogen) atoms. The first kappa shape index (κ1) is 12.8. The van der Waals surface area contributed by atoms with Gasteiger partial charge in [0, 0.05) is 25.4 Å². The summed E-state index contributed by atoms with van der Waals surface area (Å²) >= 11 is 0. The number of likely N-dealkylation sites (N-methyl/N-ethyl adjacent to an activating group) is 1. The Hall–Kier alpha value is -1.69. The number of carbonyl (C=O) groups excluding carboxylic acids is 1. The number of aryl methyl sites for hydroxylation is 1. The Labute approximate surface area is 106 Å². The molecule has 1 amide bonds. The Bertz CT molecular complexity index is 451. The molecule has 1 aliphatic heterocycles. The fraction of sp³-hybridized carbons (Fsp3) is 0.583. The highest BCUT2D eigenvalue weighted by atomic mass is 16.5. The van der Waals surface area contributed by atoms with E-state index in [0.717, 1.165) is 18.1 Å². The van der Waals surface area contributed by atoms with Crippen LogP contribution in [0.15, 0.2) is 12.4 Å². The van der Waals surface area contributed by atoms with Crippen LogP contribution < -0.4 is 10.2 Å². The van der Waals surface area contributed by atoms with Gasteiger partial charge in [0.05, 0.1) is 13.2 Å². The van der Waals surface area contributed by atoms with Crippen molar-refractivity contribution in [3.8, 4) is 0 Å². The monoisotopic (exact) mass is 250 g/mol. The van der Waals surface area contributed by atoms with Crippen LogP contribution in [-0.2, 0) is 9.53 Å². The van der Waals surface area contributed by atoms with Gasteiger partial charge in [0.2, 0.25) is 0 Å². The Kier molecular flexibility index (Phi) is 3.47. The smallest absolute Gasteiger partial charge is 0.253 e. The molecule has 0 spiro atoms. The summed E-state index contributed by atoms with van der Waals surface area (Å²) < 4.78 is 5.60. The van der Waals surface area contributed by atoms with E-state index < -0.39 is 5.60 Å². The highest BCUT2D eigenvalue weighted by molar-refractivity contribution is 5.85. The topological polar surface area (TPSA) is 67.4 Å². The third-order valence-corrected chi connectivity index (χ3v) is 3.10. The predicted octanol–water partition coefficient (Wildman–Crippen LogP) is 0.126. The Morgan fingerprint density at radius 3 is 3.00 bits per heavy atom. The summed E-state index contributed by atoms with van der Waals surface area (Å²) in [7, 11) is 1.62. The number of hydrogen-bond donors (Lipinski definition) is 1. The Balaban J connectivity index is 2.19. The van der Waals surface area contributed by atoms with Crippen LogP contribution in [-0.4, -0.2) is 48.2 Å². The van der Waals surface area contributed by atoms with Crippen molar-refractivity contribution in [1.29, 1.82) is 0 Å². The molecule has 6 heteroatoms. The maximum Gasteiger partial charge on any atom is 0.253 e. The van der Waals surface area contributed by atoms with Gasteiger partial charge in [-0.1, -0.05) is 0 Å². The molecule has 1 N–H and O–H groups in total. The van der Waals surface area contributed by atoms with E-state index in [1.807, 2.05) is 17.9 Å². The number of amides is 1. The first-order valence-corrected chi connectivity index (χ1v) is 5.95. The molecule has 6 nitrogen and oxygen atoms in total. The summed E-state index contributed by atoms with van der Waals surface area (Å²) in [6.45, 7) is 5.44. The molecule has 1 saturated heterocycles. The second kappa shape index (κ2) is 4.89. The average molecular weight is 250 g/mol. The van der Waals surface area contributed by atoms with Crippen LogP contribution in [0.25, 0.3) is 0 Å². The van der Waals surface area contributed by atoms with Gasteiger partial charge in [-0.25, -0.2) is 9.97 Å². The molecule has 1 aromatic rings. The molecule has 0 saturated carbocycles. The van der Waals surface area contributed by atoms with Crippen molar-refractivity contribution in [1.82, 2.24) is 15.3 Å². The van der Waals surface area contributed by atoms with Crippen LogP contribution in [0, 0.1) is 6.92 Å². The van der Waals surface area contributed by atoms with E-state index in [1.54, 1.807) is 14.0 Å². The van der Waals surface area contributed by atoms with Gasteiger partial charge < -0.3 is 15.0 Å². The molecule has 1 atom stereocenters. The summed E-state index contributed by atoms with van der Waals surface area (Å²) in [5.74, 6) is 0.721. The van der Waals surface area contributed by atoms with Gasteiger partial charge in [0.1, 0.15) is 12.1 Å². The lowest BCUT2D eigenvalue weighted by Gasteiger charge is -2.39. The lowest BCUT2D eigenvalue weighted by Crippen LogP contribution is -2.58. The van der Waals surface area contributed by atoms with Crippen molar-refractivity contribution in [2.24, 2.45) is 0 Å². The Morgan fingerprint density at radius 2 is 2.33 bits per heavy atom. The molecule has 98 valence electrons. The lowest BCUT2D eigenvalue weighted by molar-refractivity contribution is -0.145. The number of nitrogens with zero attached hydrogens (tertiary/aromatic N) is 3. The fourth-order valence-electron chi connectivity index (χ4n) is 2.08. The van der Waals surface area contributed by atoms with Gasteiger partial charge in [0.15, 0.2) is 5.60 Å². The Morgan fingerprint density at radius 1 is 1.56 bits per heavy atom. The maximum absolute atomic E-state index is 11.8. The normalized spacial score (nSPS) is 23.8. The minimum Gasteiger partial charge on any atom is -0.362 e. The van der Waals surface area contributed by atoms with Crippen molar-refractivity contribution in [3.05, 3.63) is 18.1 Å². The fourth-order valence-corrected chi connectivity index (χ4v) is 2.08. The molecular formula is C12H18N4O2. The predicted molar refractivity (Wildman–Crippen MR) is 67.4 cm³/mol. The van der Waals surface area contributed by atoms with Crippen molar-refractivity contribution >= 4 is 11.7 Å². The molecule has 2 heterocycles. The maximum atomic E-state index is 11.8. The van der Waals surface area contributed by atoms with Crippen molar-refractivity contribution in [3.63, 3.8) is 0 Å². The van der Waals surface area contributed by atoms with E-state index in [1.165, 1.54) is 6.33 Å². The molecule has 0 radical (unpaired) electrons. The van der Waals surface area contributed by atoms with Crippen LogP contribution in [0.4, 0.5) is 5.82 Å². The highest BCUT2D eigenvalue weighted by Crippen LogP contribution is 2.22. The van der Waals surface area contributed by atoms with Crippen molar-refractivity contribution in [2.45, 2.75) is 19.4 Å². The molecule has 2 rings (SSSR count).